The number of imidazole rings is 3. The molecule has 0 fully saturated rings. The molecule has 32 heteroatoms. The van der Waals surface area contributed by atoms with Crippen molar-refractivity contribution in [1.29, 1.82) is 0 Å². The number of carbonyl (C=O) groups excluding carboxylic acids is 3. The van der Waals surface area contributed by atoms with E-state index in [9.17, 15) is 14.4 Å². The summed E-state index contributed by atoms with van der Waals surface area (Å²) in [6.45, 7) is 8.93. The minimum Gasteiger partial charge on any atom is -0.486 e. The van der Waals surface area contributed by atoms with Crippen molar-refractivity contribution < 1.29 is 33.3 Å². The Labute approximate surface area is 874 Å². The van der Waals surface area contributed by atoms with Crippen molar-refractivity contribution in [3.8, 4) is 147 Å². The van der Waals surface area contributed by atoms with Crippen LogP contribution in [0, 0.1) is 20.8 Å². The Balaban J connectivity index is 0.000000106. The monoisotopic (exact) mass is 2060 g/mol. The molecule has 30 nitrogen and oxygen atoms in total. The maximum absolute atomic E-state index is 11.7. The number of primary amides is 3. The number of rotatable bonds is 16. The third kappa shape index (κ3) is 20.8. The van der Waals surface area contributed by atoms with Crippen molar-refractivity contribution in [3.63, 3.8) is 0 Å². The van der Waals surface area contributed by atoms with Crippen LogP contribution in [0.15, 0.2) is 340 Å². The van der Waals surface area contributed by atoms with Crippen LogP contribution >= 0.6 is 28.3 Å². The fourth-order valence-corrected chi connectivity index (χ4v) is 19.8. The van der Waals surface area contributed by atoms with E-state index in [1.165, 1.54) is 48.2 Å². The number of thiazole rings is 1. The zero-order chi connectivity index (χ0) is 101. The summed E-state index contributed by atoms with van der Waals surface area (Å²) in [5, 5.41) is 14.1. The lowest BCUT2D eigenvalue weighted by Crippen LogP contribution is -2.15. The summed E-state index contributed by atoms with van der Waals surface area (Å²) < 4.78 is 26.7. The number of nitrogens with two attached hydrogens (primary N) is 3. The van der Waals surface area contributed by atoms with Crippen molar-refractivity contribution in [3.05, 3.63) is 396 Å². The van der Waals surface area contributed by atoms with Gasteiger partial charge in [-0.05, 0) is 252 Å². The second kappa shape index (κ2) is 43.6. The van der Waals surface area contributed by atoms with Crippen LogP contribution in [-0.2, 0) is 25.8 Å². The minimum atomic E-state index is -0.466. The van der Waals surface area contributed by atoms with E-state index in [0.717, 1.165) is 204 Å². The number of aromatic amines is 3. The molecule has 150 heavy (non-hydrogen) atoms. The number of ether oxygens (including phenoxy) is 4. The van der Waals surface area contributed by atoms with Crippen molar-refractivity contribution in [2.24, 2.45) is 22.2 Å². The van der Waals surface area contributed by atoms with Crippen LogP contribution in [0.5, 0.6) is 23.0 Å². The van der Waals surface area contributed by atoms with Gasteiger partial charge in [-0.1, -0.05) is 109 Å². The lowest BCUT2D eigenvalue weighted by molar-refractivity contribution is 0.0992. The van der Waals surface area contributed by atoms with E-state index in [1.807, 2.05) is 256 Å². The Morgan fingerprint density at radius 2 is 0.933 bits per heavy atom. The predicted octanol–water partition coefficient (Wildman–Crippen LogP) is 22.6. The summed E-state index contributed by atoms with van der Waals surface area (Å²) in [4.78, 5) is 103. The number of aliphatic imine (C=N–C) groups is 1. The zero-order valence-corrected chi connectivity index (χ0v) is 84.1. The summed E-state index contributed by atoms with van der Waals surface area (Å²) in [5.74, 6) is 2.76. The Hall–Kier alpha value is -18.8. The Bertz CT molecular complexity index is 8850. The molecule has 27 rings (SSSR count). The van der Waals surface area contributed by atoms with Crippen LogP contribution in [0.25, 0.3) is 168 Å². The minimum absolute atomic E-state index is 0. The van der Waals surface area contributed by atoms with Gasteiger partial charge in [0.05, 0.1) is 109 Å². The maximum Gasteiger partial charge on any atom is 0.248 e. The Kier molecular flexibility index (Phi) is 28.3. The molecule has 15 aromatic heterocycles. The van der Waals surface area contributed by atoms with Gasteiger partial charge in [-0.3, -0.25) is 73.4 Å². The second-order valence-corrected chi connectivity index (χ2v) is 36.8. The van der Waals surface area contributed by atoms with Crippen molar-refractivity contribution in [2.45, 2.75) is 65.8 Å². The maximum atomic E-state index is 11.7. The first-order valence-electron chi connectivity index (χ1n) is 48.7. The molecular weight excluding hydrogens is 1960 g/mol. The normalized spacial score (nSPS) is 12.7. The van der Waals surface area contributed by atoms with E-state index in [4.69, 9.17) is 66.2 Å². The molecule has 0 saturated carbocycles. The average Bonchev–Trinajstić information content (AvgIpc) is 1.59. The highest BCUT2D eigenvalue weighted by Crippen LogP contribution is 2.45. The SMILES string of the molecule is Br.Cc1ccc(-c2cn3c4c(sc3n2)CCCC4)cc1.Cc1cccc(-c2nn3c(c2-c2ccnc4ccc(C(N)=O)cc24)CCC3)n1.Cc1cccc(C2=NCC=C2c2ccc3ncccc3n2)n1.NC(=O)c1ccc(-c2nc(-c3ccc4c(c3)OCCO4)c(-c3ccccn3)[nH]2)cc1.NC(=O)c1ccc(-c2nc(-c3ccc4c(c3)OCO4)c(-c3ccccn3)[nH]2)cc1.c1ccc(-c2[nH]ncc2-c2ccnc3ccccc23)nc1. The Morgan fingerprint density at radius 1 is 0.393 bits per heavy atom. The number of carbonyl (C=O) groups is 3. The largest absolute Gasteiger partial charge is 0.486 e. The molecule has 1 aliphatic carbocycles. The van der Waals surface area contributed by atoms with Crippen LogP contribution in [-0.4, -0.2) is 144 Å². The molecular formula is C118H96BrN23O7S. The predicted molar refractivity (Wildman–Crippen MR) is 588 cm³/mol. The number of halogens is 1. The number of hydrogen-bond donors (Lipinski definition) is 6. The van der Waals surface area contributed by atoms with Crippen molar-refractivity contribution in [2.75, 3.05) is 26.6 Å². The highest BCUT2D eigenvalue weighted by molar-refractivity contribution is 8.93. The number of fused-ring (bicyclic) bond motifs is 9. The average molecular weight is 2060 g/mol. The van der Waals surface area contributed by atoms with E-state index >= 15 is 0 Å². The second-order valence-electron chi connectivity index (χ2n) is 35.8. The summed E-state index contributed by atoms with van der Waals surface area (Å²) >= 11 is 1.87. The molecule has 5 aliphatic rings. The molecule has 4 aliphatic heterocycles. The smallest absolute Gasteiger partial charge is 0.248 e. The van der Waals surface area contributed by atoms with Gasteiger partial charge in [0, 0.05) is 150 Å². The summed E-state index contributed by atoms with van der Waals surface area (Å²) in [7, 11) is 0. The number of amides is 3. The molecule has 738 valence electrons. The highest BCUT2D eigenvalue weighted by Gasteiger charge is 2.30. The third-order valence-corrected chi connectivity index (χ3v) is 27.1. The van der Waals surface area contributed by atoms with Gasteiger partial charge in [-0.25, -0.2) is 19.9 Å². The standard InChI is InChI=1S/C23H18N4O3.C22H19N5O.C22H16N4O3.C18H14N4.C17H12N4.C16H16N2S.BrH/c24-22(28)14-4-6-15(7-5-14)23-26-20(21(27-23)17-3-1-2-10-25-17)16-8-9-18-19(13-16)30-12-11-29-18;1-13-4-2-5-18(25-13)21-20(19-6-3-11-27(19)26-21)15-9-10-24-17-8-7-14(22(23)28)12-16(15)17;23-21(27)13-4-6-14(7-5-13)22-25-19(20(26-22)16-3-1-2-10-24-16)15-8-9-17-18(11-15)29-12-28-17;1-12-4-2-5-17(21-12)18-13(9-11-20-18)14-7-8-15-16(22-14)6-3-10-19-15;1-2-6-15-13(5-1)12(8-10-19-15)14-11-20-21-17(14)16-7-3-4-9-18-16;1-11-6-8-12(9-7-11)13-10-18-14-4-2-3-5-15(14)19-16(18)17-13;/h1-10,13H,11-12H2,(H2,24,28)(H,26,27);2,4-5,7-10,12H,3,6,11H2,1H3,(H2,23,28);1-11H,12H2,(H2,23,27)(H,25,26);2-10H,11H2,1H3;1-11H,(H,20,21);6-10H,2-5H2,1H3;1H. The number of nitrogens with zero attached hydrogens (tertiary/aromatic N) is 17. The van der Waals surface area contributed by atoms with Crippen LogP contribution < -0.4 is 36.1 Å². The topological polar surface area (TPSA) is 416 Å². The van der Waals surface area contributed by atoms with Crippen LogP contribution in [0.2, 0.25) is 0 Å². The van der Waals surface area contributed by atoms with Gasteiger partial charge < -0.3 is 46.1 Å². The molecule has 7 aromatic carbocycles. The number of H-pyrrole nitrogens is 3. The lowest BCUT2D eigenvalue weighted by atomic mass is 9.95. The van der Waals surface area contributed by atoms with Gasteiger partial charge in [0.1, 0.15) is 30.6 Å². The quantitative estimate of drug-likeness (QED) is 0.0523. The van der Waals surface area contributed by atoms with Gasteiger partial charge in [0.15, 0.2) is 28.0 Å². The lowest BCUT2D eigenvalue weighted by Gasteiger charge is -2.18. The fraction of sp³-hybridized carbons (Fsp3) is 0.119. The first kappa shape index (κ1) is 97.3. The van der Waals surface area contributed by atoms with Gasteiger partial charge >= 0.3 is 0 Å². The molecule has 0 radical (unpaired) electrons. The zero-order valence-electron chi connectivity index (χ0n) is 81.5. The molecule has 0 unspecified atom stereocenters. The summed E-state index contributed by atoms with van der Waals surface area (Å²) in [5.41, 5.74) is 49.0. The van der Waals surface area contributed by atoms with Gasteiger partial charge in [0.2, 0.25) is 24.5 Å². The van der Waals surface area contributed by atoms with Crippen molar-refractivity contribution >= 4 is 95.1 Å². The van der Waals surface area contributed by atoms with Gasteiger partial charge in [0.25, 0.3) is 0 Å². The van der Waals surface area contributed by atoms with Crippen LogP contribution in [0.1, 0.15) is 94.9 Å². The van der Waals surface area contributed by atoms with E-state index < -0.39 is 17.7 Å². The number of pyridine rings is 9. The fourth-order valence-electron chi connectivity index (χ4n) is 18.6. The number of nitrogens with one attached hydrogen (secondary N) is 3. The van der Waals surface area contributed by atoms with E-state index in [2.05, 4.69) is 119 Å². The van der Waals surface area contributed by atoms with Gasteiger partial charge in [-0.2, -0.15) is 10.2 Å². The number of benzene rings is 7. The molecule has 0 bridgehead atoms. The van der Waals surface area contributed by atoms with Crippen LogP contribution in [0.3, 0.4) is 0 Å². The van der Waals surface area contributed by atoms with E-state index in [1.54, 1.807) is 66.2 Å². The summed E-state index contributed by atoms with van der Waals surface area (Å²) in [6.07, 6.45) is 24.0. The number of aryl methyl sites for hydroxylation is 6. The third-order valence-electron chi connectivity index (χ3n) is 25.9. The number of aromatic nitrogens is 19. The molecule has 9 N–H and O–H groups in total. The molecule has 0 saturated heterocycles. The number of para-hydroxylation sites is 1. The Morgan fingerprint density at radius 3 is 1.59 bits per heavy atom. The highest BCUT2D eigenvalue weighted by atomic mass is 79.9. The summed E-state index contributed by atoms with van der Waals surface area (Å²) in [6, 6.07) is 88.7. The molecule has 0 spiro atoms. The first-order chi connectivity index (χ1) is 73.0. The molecule has 0 atom stereocenters. The molecule has 3 amide bonds. The molecule has 22 aromatic rings. The molecule has 19 heterocycles. The first-order valence-corrected chi connectivity index (χ1v) is 49.5. The number of hydrogen-bond acceptors (Lipinski definition) is 23. The van der Waals surface area contributed by atoms with E-state index in [-0.39, 0.29) is 23.8 Å². The number of allylic oxidation sites excluding steroid dienone is 1. The van der Waals surface area contributed by atoms with Crippen molar-refractivity contribution in [1.82, 2.24) is 94.2 Å². The van der Waals surface area contributed by atoms with E-state index in [0.29, 0.717) is 65.3 Å². The van der Waals surface area contributed by atoms with Gasteiger partial charge in [-0.15, -0.1) is 28.3 Å². The van der Waals surface area contributed by atoms with Crippen LogP contribution in [0.4, 0.5) is 0 Å².